The molecule has 3 aromatic carbocycles. The van der Waals surface area contributed by atoms with E-state index in [9.17, 15) is 10.1 Å². The maximum atomic E-state index is 10.7. The zero-order valence-electron chi connectivity index (χ0n) is 16.9. The SMILES string of the molecule is COc1ccc2nc3cc(Cl)ccc3c(NCCCNc3ccc([N+](=O)[O-])cc3)c2c1. The molecule has 4 rings (SSSR count). The van der Waals surface area contributed by atoms with Gasteiger partial charge in [0.05, 0.1) is 28.8 Å². The maximum Gasteiger partial charge on any atom is 0.269 e. The van der Waals surface area contributed by atoms with Gasteiger partial charge in [-0.05, 0) is 55.0 Å². The molecule has 0 fully saturated rings. The van der Waals surface area contributed by atoms with Crippen LogP contribution in [0.3, 0.4) is 0 Å². The zero-order valence-corrected chi connectivity index (χ0v) is 17.6. The van der Waals surface area contributed by atoms with Crippen molar-refractivity contribution >= 4 is 50.5 Å². The van der Waals surface area contributed by atoms with Gasteiger partial charge in [-0.3, -0.25) is 10.1 Å². The van der Waals surface area contributed by atoms with Crippen molar-refractivity contribution in [2.24, 2.45) is 0 Å². The molecular formula is C23H21ClN4O3. The molecular weight excluding hydrogens is 416 g/mol. The summed E-state index contributed by atoms with van der Waals surface area (Å²) in [5.74, 6) is 0.769. The van der Waals surface area contributed by atoms with Crippen molar-refractivity contribution in [3.63, 3.8) is 0 Å². The van der Waals surface area contributed by atoms with Crippen LogP contribution in [0, 0.1) is 10.1 Å². The van der Waals surface area contributed by atoms with E-state index in [1.165, 1.54) is 12.1 Å². The lowest BCUT2D eigenvalue weighted by atomic mass is 10.1. The van der Waals surface area contributed by atoms with Crippen molar-refractivity contribution in [1.29, 1.82) is 0 Å². The molecule has 1 heterocycles. The van der Waals surface area contributed by atoms with Gasteiger partial charge in [0.25, 0.3) is 5.69 Å². The number of hydrogen-bond donors (Lipinski definition) is 2. The van der Waals surface area contributed by atoms with Crippen LogP contribution >= 0.6 is 11.6 Å². The number of aromatic nitrogens is 1. The third-order valence-corrected chi connectivity index (χ3v) is 5.24. The highest BCUT2D eigenvalue weighted by Crippen LogP contribution is 2.34. The highest BCUT2D eigenvalue weighted by molar-refractivity contribution is 6.31. The highest BCUT2D eigenvalue weighted by Gasteiger charge is 2.11. The van der Waals surface area contributed by atoms with Gasteiger partial charge in [-0.1, -0.05) is 11.6 Å². The first-order chi connectivity index (χ1) is 15.0. The summed E-state index contributed by atoms with van der Waals surface area (Å²) in [5.41, 5.74) is 3.62. The number of nitro groups is 1. The maximum absolute atomic E-state index is 10.7. The Morgan fingerprint density at radius 2 is 1.74 bits per heavy atom. The highest BCUT2D eigenvalue weighted by atomic mass is 35.5. The first kappa shape index (κ1) is 20.7. The van der Waals surface area contributed by atoms with Crippen molar-refractivity contribution in [2.75, 3.05) is 30.8 Å². The number of hydrogen-bond acceptors (Lipinski definition) is 6. The van der Waals surface area contributed by atoms with Gasteiger partial charge in [-0.25, -0.2) is 4.98 Å². The molecule has 0 bridgehead atoms. The number of pyridine rings is 1. The first-order valence-electron chi connectivity index (χ1n) is 9.84. The second kappa shape index (κ2) is 9.06. The Hall–Kier alpha value is -3.58. The van der Waals surface area contributed by atoms with Gasteiger partial charge < -0.3 is 15.4 Å². The fourth-order valence-electron chi connectivity index (χ4n) is 3.45. The van der Waals surface area contributed by atoms with E-state index < -0.39 is 4.92 Å². The van der Waals surface area contributed by atoms with E-state index in [1.54, 1.807) is 19.2 Å². The van der Waals surface area contributed by atoms with Crippen molar-refractivity contribution in [3.8, 4) is 5.75 Å². The van der Waals surface area contributed by atoms with Gasteiger partial charge in [0, 0.05) is 46.7 Å². The smallest absolute Gasteiger partial charge is 0.269 e. The molecule has 1 aromatic heterocycles. The average molecular weight is 437 g/mol. The summed E-state index contributed by atoms with van der Waals surface area (Å²) in [4.78, 5) is 15.1. The molecule has 0 unspecified atom stereocenters. The van der Waals surface area contributed by atoms with Gasteiger partial charge >= 0.3 is 0 Å². The van der Waals surface area contributed by atoms with Crippen LogP contribution in [0.4, 0.5) is 17.1 Å². The predicted molar refractivity (Wildman–Crippen MR) is 126 cm³/mol. The summed E-state index contributed by atoms with van der Waals surface area (Å²) in [6, 6.07) is 17.9. The molecule has 7 nitrogen and oxygen atoms in total. The minimum atomic E-state index is -0.404. The molecule has 4 aromatic rings. The molecule has 0 amide bonds. The monoisotopic (exact) mass is 436 g/mol. The van der Waals surface area contributed by atoms with Crippen LogP contribution in [0.15, 0.2) is 60.7 Å². The third-order valence-electron chi connectivity index (χ3n) is 5.01. The molecule has 0 aliphatic heterocycles. The van der Waals surface area contributed by atoms with Gasteiger partial charge in [-0.2, -0.15) is 0 Å². The molecule has 158 valence electrons. The largest absolute Gasteiger partial charge is 0.497 e. The van der Waals surface area contributed by atoms with Gasteiger partial charge in [0.15, 0.2) is 0 Å². The van der Waals surface area contributed by atoms with Crippen LogP contribution in [0.5, 0.6) is 5.75 Å². The normalized spacial score (nSPS) is 10.9. The zero-order chi connectivity index (χ0) is 21.8. The van der Waals surface area contributed by atoms with Gasteiger partial charge in [0.1, 0.15) is 5.75 Å². The number of rotatable bonds is 8. The topological polar surface area (TPSA) is 89.3 Å². The number of nitro benzene ring substituents is 1. The minimum Gasteiger partial charge on any atom is -0.497 e. The molecule has 2 N–H and O–H groups in total. The van der Waals surface area contributed by atoms with Gasteiger partial charge in [-0.15, -0.1) is 0 Å². The lowest BCUT2D eigenvalue weighted by molar-refractivity contribution is -0.384. The summed E-state index contributed by atoms with van der Waals surface area (Å²) in [5, 5.41) is 20.2. The number of fused-ring (bicyclic) bond motifs is 2. The molecule has 31 heavy (non-hydrogen) atoms. The molecule has 0 saturated carbocycles. The second-order valence-electron chi connectivity index (χ2n) is 7.04. The second-order valence-corrected chi connectivity index (χ2v) is 7.48. The van der Waals surface area contributed by atoms with E-state index in [-0.39, 0.29) is 5.69 Å². The Balaban J connectivity index is 1.49. The number of methoxy groups -OCH3 is 1. The summed E-state index contributed by atoms with van der Waals surface area (Å²) in [6.07, 6.45) is 0.847. The summed E-state index contributed by atoms with van der Waals surface area (Å²) in [6.45, 7) is 1.45. The Kier molecular flexibility index (Phi) is 6.04. The Labute approximate surface area is 184 Å². The fraction of sp³-hybridized carbons (Fsp3) is 0.174. The molecule has 0 aliphatic rings. The van der Waals surface area contributed by atoms with Crippen molar-refractivity contribution < 1.29 is 9.66 Å². The molecule has 8 heteroatoms. The molecule has 0 radical (unpaired) electrons. The predicted octanol–water partition coefficient (Wildman–Crippen LogP) is 5.87. The standard InChI is InChI=1S/C23H21ClN4O3/c1-31-18-8-10-21-20(14-18)23(19-9-3-15(24)13-22(19)27-21)26-12-2-11-25-16-4-6-17(7-5-16)28(29)30/h3-10,13-14,25H,2,11-12H2,1H3,(H,26,27). The van der Waals surface area contributed by atoms with Crippen molar-refractivity contribution in [2.45, 2.75) is 6.42 Å². The minimum absolute atomic E-state index is 0.0826. The number of anilines is 2. The van der Waals surface area contributed by atoms with Crippen LogP contribution in [0.2, 0.25) is 5.02 Å². The van der Waals surface area contributed by atoms with E-state index >= 15 is 0 Å². The van der Waals surface area contributed by atoms with Gasteiger partial charge in [0.2, 0.25) is 0 Å². The number of nitrogens with zero attached hydrogens (tertiary/aromatic N) is 2. The molecule has 0 aliphatic carbocycles. The Morgan fingerprint density at radius 3 is 2.48 bits per heavy atom. The van der Waals surface area contributed by atoms with E-state index in [0.717, 1.165) is 58.4 Å². The lowest BCUT2D eigenvalue weighted by Crippen LogP contribution is -2.10. The van der Waals surface area contributed by atoms with Crippen LogP contribution in [0.1, 0.15) is 6.42 Å². The number of benzene rings is 3. The van der Waals surface area contributed by atoms with Crippen molar-refractivity contribution in [1.82, 2.24) is 4.98 Å². The van der Waals surface area contributed by atoms with E-state index in [0.29, 0.717) is 5.02 Å². The molecule has 0 spiro atoms. The van der Waals surface area contributed by atoms with Crippen molar-refractivity contribution in [3.05, 3.63) is 75.8 Å². The third kappa shape index (κ3) is 4.62. The number of non-ortho nitro benzene ring substituents is 1. The lowest BCUT2D eigenvalue weighted by Gasteiger charge is -2.14. The Morgan fingerprint density at radius 1 is 0.968 bits per heavy atom. The fourth-order valence-corrected chi connectivity index (χ4v) is 3.62. The van der Waals surface area contributed by atoms with Crippen LogP contribution in [-0.2, 0) is 0 Å². The average Bonchev–Trinajstić information content (AvgIpc) is 2.78. The summed E-state index contributed by atoms with van der Waals surface area (Å²) in [7, 11) is 1.65. The Bertz CT molecular complexity index is 1250. The number of nitrogens with one attached hydrogen (secondary N) is 2. The van der Waals surface area contributed by atoms with E-state index in [1.807, 2.05) is 36.4 Å². The molecule has 0 saturated heterocycles. The summed E-state index contributed by atoms with van der Waals surface area (Å²) >= 11 is 6.17. The first-order valence-corrected chi connectivity index (χ1v) is 10.2. The molecule has 0 atom stereocenters. The van der Waals surface area contributed by atoms with E-state index in [2.05, 4.69) is 10.6 Å². The summed E-state index contributed by atoms with van der Waals surface area (Å²) < 4.78 is 5.39. The number of ether oxygens (including phenoxy) is 1. The van der Waals surface area contributed by atoms with Crippen LogP contribution < -0.4 is 15.4 Å². The van der Waals surface area contributed by atoms with E-state index in [4.69, 9.17) is 21.3 Å². The van der Waals surface area contributed by atoms with Crippen LogP contribution in [0.25, 0.3) is 21.8 Å². The number of halogens is 1. The quantitative estimate of drug-likeness (QED) is 0.155. The van der Waals surface area contributed by atoms with Crippen LogP contribution in [-0.4, -0.2) is 30.1 Å².